The van der Waals surface area contributed by atoms with E-state index in [0.717, 1.165) is 17.7 Å². The van der Waals surface area contributed by atoms with Crippen LogP contribution in [0, 0.1) is 15.9 Å². The summed E-state index contributed by atoms with van der Waals surface area (Å²) in [7, 11) is 5.01. The highest BCUT2D eigenvalue weighted by Gasteiger charge is 2.15. The summed E-state index contributed by atoms with van der Waals surface area (Å²) in [5.74, 6) is -0.269. The van der Waals surface area contributed by atoms with Gasteiger partial charge in [-0.25, -0.2) is 4.79 Å². The van der Waals surface area contributed by atoms with Gasteiger partial charge in [-0.3, -0.25) is 10.1 Å². The molecule has 0 fully saturated rings. The molecule has 2 aromatic carbocycles. The minimum atomic E-state index is -0.935. The Balaban J connectivity index is 1.92. The van der Waals surface area contributed by atoms with Gasteiger partial charge in [0.05, 0.1) is 11.5 Å². The first-order valence-corrected chi connectivity index (χ1v) is 8.55. The van der Waals surface area contributed by atoms with E-state index in [1.165, 1.54) is 11.0 Å². The summed E-state index contributed by atoms with van der Waals surface area (Å²) in [6.07, 6.45) is 0.119. The molecule has 1 unspecified atom stereocenters. The van der Waals surface area contributed by atoms with Crippen LogP contribution in [0.3, 0.4) is 0 Å². The number of nitro groups is 1. The standard InChI is InChI=1S/C19H22FN3O5/c1-21-17(13-4-6-14(7-5-13)28-19(24)22(2)3)10-11-27-15-8-9-18(23(25)26)16(20)12-15/h4-9,12,17,21H,10-11H2,1-3H3. The van der Waals surface area contributed by atoms with Crippen LogP contribution < -0.4 is 14.8 Å². The molecule has 2 rings (SSSR count). The largest absolute Gasteiger partial charge is 0.493 e. The first-order valence-electron chi connectivity index (χ1n) is 8.55. The Kier molecular flexibility index (Phi) is 7.28. The minimum absolute atomic E-state index is 0.0403. The lowest BCUT2D eigenvalue weighted by molar-refractivity contribution is -0.387. The Bertz CT molecular complexity index is 827. The van der Waals surface area contributed by atoms with Crippen LogP contribution >= 0.6 is 0 Å². The Labute approximate surface area is 162 Å². The first kappa shape index (κ1) is 21.1. The van der Waals surface area contributed by atoms with E-state index >= 15 is 0 Å². The number of carbonyl (C=O) groups is 1. The van der Waals surface area contributed by atoms with E-state index in [1.807, 2.05) is 12.1 Å². The summed E-state index contributed by atoms with van der Waals surface area (Å²) in [6, 6.07) is 10.5. The topological polar surface area (TPSA) is 93.9 Å². The third kappa shape index (κ3) is 5.65. The number of ether oxygens (including phenoxy) is 2. The van der Waals surface area contributed by atoms with Crippen molar-refractivity contribution in [3.63, 3.8) is 0 Å². The van der Waals surface area contributed by atoms with Crippen LogP contribution in [0.1, 0.15) is 18.0 Å². The summed E-state index contributed by atoms with van der Waals surface area (Å²) in [4.78, 5) is 22.7. The number of hydrogen-bond donors (Lipinski definition) is 1. The summed E-state index contributed by atoms with van der Waals surface area (Å²) < 4.78 is 24.3. The van der Waals surface area contributed by atoms with E-state index in [4.69, 9.17) is 9.47 Å². The summed E-state index contributed by atoms with van der Waals surface area (Å²) in [5, 5.41) is 13.8. The van der Waals surface area contributed by atoms with Crippen LogP contribution in [-0.2, 0) is 0 Å². The normalized spacial score (nSPS) is 11.6. The quantitative estimate of drug-likeness (QED) is 0.547. The van der Waals surface area contributed by atoms with E-state index in [0.29, 0.717) is 12.2 Å². The van der Waals surface area contributed by atoms with E-state index in [9.17, 15) is 19.3 Å². The molecule has 0 spiro atoms. The molecule has 0 heterocycles. The molecule has 0 saturated carbocycles. The molecule has 0 aliphatic rings. The van der Waals surface area contributed by atoms with E-state index in [-0.39, 0.29) is 18.4 Å². The lowest BCUT2D eigenvalue weighted by atomic mass is 10.0. The van der Waals surface area contributed by atoms with Crippen LogP contribution in [0.2, 0.25) is 0 Å². The van der Waals surface area contributed by atoms with E-state index < -0.39 is 22.5 Å². The van der Waals surface area contributed by atoms with Gasteiger partial charge in [0.15, 0.2) is 0 Å². The maximum Gasteiger partial charge on any atom is 0.414 e. The molecule has 0 saturated heterocycles. The van der Waals surface area contributed by atoms with Crippen molar-refractivity contribution in [2.75, 3.05) is 27.7 Å². The van der Waals surface area contributed by atoms with Crippen LogP contribution in [0.5, 0.6) is 11.5 Å². The number of nitrogens with zero attached hydrogens (tertiary/aromatic N) is 2. The van der Waals surface area contributed by atoms with Crippen molar-refractivity contribution in [1.29, 1.82) is 0 Å². The maximum absolute atomic E-state index is 13.6. The Morgan fingerprint density at radius 3 is 2.39 bits per heavy atom. The van der Waals surface area contributed by atoms with Crippen LogP contribution in [0.4, 0.5) is 14.9 Å². The zero-order valence-electron chi connectivity index (χ0n) is 15.8. The van der Waals surface area contributed by atoms with Crippen LogP contribution in [-0.4, -0.2) is 43.7 Å². The van der Waals surface area contributed by atoms with Gasteiger partial charge >= 0.3 is 11.8 Å². The predicted molar refractivity (Wildman–Crippen MR) is 101 cm³/mol. The number of amides is 1. The fraction of sp³-hybridized carbons (Fsp3) is 0.316. The van der Waals surface area contributed by atoms with E-state index in [1.54, 1.807) is 33.3 Å². The number of carbonyl (C=O) groups excluding carboxylic acids is 1. The zero-order valence-corrected chi connectivity index (χ0v) is 15.8. The lowest BCUT2D eigenvalue weighted by Crippen LogP contribution is -2.25. The van der Waals surface area contributed by atoms with Gasteiger partial charge in [0.2, 0.25) is 5.82 Å². The molecule has 0 aliphatic heterocycles. The summed E-state index contributed by atoms with van der Waals surface area (Å²) in [6.45, 7) is 0.278. The molecular formula is C19H22FN3O5. The van der Waals surface area contributed by atoms with Gasteiger partial charge in [-0.05, 0) is 30.8 Å². The van der Waals surface area contributed by atoms with Gasteiger partial charge in [0.1, 0.15) is 11.5 Å². The predicted octanol–water partition coefficient (Wildman–Crippen LogP) is 3.52. The van der Waals surface area contributed by atoms with Gasteiger partial charge in [0.25, 0.3) is 0 Å². The molecule has 0 aliphatic carbocycles. The monoisotopic (exact) mass is 391 g/mol. The van der Waals surface area contributed by atoms with Crippen molar-refractivity contribution >= 4 is 11.8 Å². The molecule has 0 aromatic heterocycles. The molecule has 150 valence electrons. The summed E-state index contributed by atoms with van der Waals surface area (Å²) >= 11 is 0. The van der Waals surface area contributed by atoms with E-state index in [2.05, 4.69) is 5.32 Å². The fourth-order valence-corrected chi connectivity index (χ4v) is 2.46. The second kappa shape index (κ2) is 9.65. The van der Waals surface area contributed by atoms with Gasteiger partial charge < -0.3 is 19.7 Å². The van der Waals surface area contributed by atoms with Crippen molar-refractivity contribution in [3.05, 3.63) is 64.0 Å². The van der Waals surface area contributed by atoms with Crippen LogP contribution in [0.15, 0.2) is 42.5 Å². The highest BCUT2D eigenvalue weighted by atomic mass is 19.1. The third-order valence-corrected chi connectivity index (χ3v) is 3.99. The molecule has 28 heavy (non-hydrogen) atoms. The maximum atomic E-state index is 13.6. The molecule has 9 heteroatoms. The number of nitro benzene ring substituents is 1. The smallest absolute Gasteiger partial charge is 0.414 e. The summed E-state index contributed by atoms with van der Waals surface area (Å²) in [5.41, 5.74) is 0.376. The molecular weight excluding hydrogens is 369 g/mol. The SMILES string of the molecule is CNC(CCOc1ccc([N+](=O)[O-])c(F)c1)c1ccc(OC(=O)N(C)C)cc1. The molecule has 8 nitrogen and oxygen atoms in total. The number of benzene rings is 2. The van der Waals surface area contributed by atoms with Crippen molar-refractivity contribution in [3.8, 4) is 11.5 Å². The minimum Gasteiger partial charge on any atom is -0.493 e. The third-order valence-electron chi connectivity index (χ3n) is 3.99. The van der Waals surface area contributed by atoms with Gasteiger partial charge in [-0.1, -0.05) is 12.1 Å². The lowest BCUT2D eigenvalue weighted by Gasteiger charge is -2.18. The van der Waals surface area contributed by atoms with Crippen molar-refractivity contribution < 1.29 is 23.6 Å². The highest BCUT2D eigenvalue weighted by Crippen LogP contribution is 2.24. The number of nitrogens with one attached hydrogen (secondary N) is 1. The highest BCUT2D eigenvalue weighted by molar-refractivity contribution is 5.69. The second-order valence-electron chi connectivity index (χ2n) is 6.18. The second-order valence-corrected chi connectivity index (χ2v) is 6.18. The van der Waals surface area contributed by atoms with Gasteiger partial charge in [0, 0.05) is 38.7 Å². The molecule has 2 aromatic rings. The Morgan fingerprint density at radius 1 is 1.21 bits per heavy atom. The number of hydrogen-bond acceptors (Lipinski definition) is 6. The average molecular weight is 391 g/mol. The number of rotatable bonds is 8. The van der Waals surface area contributed by atoms with Crippen molar-refractivity contribution in [2.45, 2.75) is 12.5 Å². The molecule has 1 N–H and O–H groups in total. The molecule has 0 bridgehead atoms. The fourth-order valence-electron chi connectivity index (χ4n) is 2.46. The first-order chi connectivity index (χ1) is 13.3. The van der Waals surface area contributed by atoms with Gasteiger partial charge in [-0.15, -0.1) is 0 Å². The van der Waals surface area contributed by atoms with Crippen LogP contribution in [0.25, 0.3) is 0 Å². The molecule has 1 atom stereocenters. The molecule has 1 amide bonds. The Hall–Kier alpha value is -3.20. The van der Waals surface area contributed by atoms with Crippen molar-refractivity contribution in [1.82, 2.24) is 10.2 Å². The van der Waals surface area contributed by atoms with Gasteiger partial charge in [-0.2, -0.15) is 4.39 Å². The average Bonchev–Trinajstić information content (AvgIpc) is 2.65. The zero-order chi connectivity index (χ0) is 20.7. The Morgan fingerprint density at radius 2 is 1.86 bits per heavy atom. The number of halogens is 1. The van der Waals surface area contributed by atoms with Crippen molar-refractivity contribution in [2.24, 2.45) is 0 Å². The molecule has 0 radical (unpaired) electrons.